The van der Waals surface area contributed by atoms with Crippen molar-refractivity contribution in [2.75, 3.05) is 13.1 Å². The predicted octanol–water partition coefficient (Wildman–Crippen LogP) is 3.58. The Morgan fingerprint density at radius 3 is 2.36 bits per heavy atom. The number of nitrogens with one attached hydrogen (secondary N) is 1. The summed E-state index contributed by atoms with van der Waals surface area (Å²) in [5, 5.41) is 3.67. The number of halogens is 2. The van der Waals surface area contributed by atoms with E-state index >= 15 is 0 Å². The second-order valence-corrected chi connectivity index (χ2v) is 9.30. The number of rotatable bonds is 9. The lowest BCUT2D eigenvalue weighted by Gasteiger charge is -2.29. The second-order valence-electron chi connectivity index (χ2n) is 8.46. The maximum absolute atomic E-state index is 13.2. The summed E-state index contributed by atoms with van der Waals surface area (Å²) in [4.78, 5) is 53.9. The molecule has 1 aliphatic heterocycles. The van der Waals surface area contributed by atoms with Crippen LogP contribution in [0, 0.1) is 11.8 Å². The molecule has 1 N–H and O–H groups in total. The maximum atomic E-state index is 13.2. The zero-order chi connectivity index (χ0) is 24.1. The third kappa shape index (κ3) is 5.76. The average molecular weight is 494 g/mol. The number of nitrogens with zero attached hydrogens (tertiary/aromatic N) is 2. The number of amides is 4. The van der Waals surface area contributed by atoms with E-state index in [0.29, 0.717) is 35.0 Å². The van der Waals surface area contributed by atoms with Gasteiger partial charge in [-0.1, -0.05) is 48.3 Å². The van der Waals surface area contributed by atoms with Crippen LogP contribution in [0.5, 0.6) is 0 Å². The van der Waals surface area contributed by atoms with Crippen molar-refractivity contribution in [3.05, 3.63) is 46.0 Å². The van der Waals surface area contributed by atoms with Crippen LogP contribution in [-0.4, -0.2) is 52.6 Å². The number of likely N-dealkylation sites (tertiary alicyclic amines) is 1. The molecule has 0 saturated carbocycles. The largest absolute Gasteiger partial charge is 0.354 e. The Bertz CT molecular complexity index is 939. The predicted molar refractivity (Wildman–Crippen MR) is 126 cm³/mol. The van der Waals surface area contributed by atoms with E-state index in [9.17, 15) is 19.2 Å². The fourth-order valence-electron chi connectivity index (χ4n) is 4.25. The zero-order valence-electron chi connectivity index (χ0n) is 18.9. The number of imide groups is 1. The van der Waals surface area contributed by atoms with Crippen molar-refractivity contribution in [2.24, 2.45) is 11.8 Å². The normalized spacial score (nSPS) is 20.5. The van der Waals surface area contributed by atoms with Gasteiger partial charge in [-0.2, -0.15) is 0 Å². The minimum atomic E-state index is -0.757. The summed E-state index contributed by atoms with van der Waals surface area (Å²) in [7, 11) is 0. The number of allylic oxidation sites excluding steroid dienone is 2. The fourth-order valence-corrected chi connectivity index (χ4v) is 4.72. The summed E-state index contributed by atoms with van der Waals surface area (Å²) in [5.74, 6) is -1.72. The van der Waals surface area contributed by atoms with E-state index in [1.165, 1.54) is 9.80 Å². The van der Waals surface area contributed by atoms with Crippen molar-refractivity contribution in [3.8, 4) is 0 Å². The lowest BCUT2D eigenvalue weighted by atomic mass is 9.85. The smallest absolute Gasteiger partial charge is 0.242 e. The minimum absolute atomic E-state index is 0.00233. The Labute approximate surface area is 204 Å². The van der Waals surface area contributed by atoms with Gasteiger partial charge in [-0.15, -0.1) is 0 Å². The minimum Gasteiger partial charge on any atom is -0.354 e. The van der Waals surface area contributed by atoms with Gasteiger partial charge in [-0.05, 0) is 43.9 Å². The molecule has 1 aromatic rings. The molecule has 1 aliphatic carbocycles. The quantitative estimate of drug-likeness (QED) is 0.420. The second kappa shape index (κ2) is 11.2. The molecule has 1 fully saturated rings. The first-order valence-electron chi connectivity index (χ1n) is 11.3. The molecule has 0 unspecified atom stereocenters. The topological polar surface area (TPSA) is 86.8 Å². The maximum Gasteiger partial charge on any atom is 0.242 e. The highest BCUT2D eigenvalue weighted by Gasteiger charge is 2.47. The molecular formula is C24H29Cl2N3O4. The summed E-state index contributed by atoms with van der Waals surface area (Å²) in [6.07, 6.45) is 5.65. The van der Waals surface area contributed by atoms with E-state index in [1.54, 1.807) is 25.1 Å². The van der Waals surface area contributed by atoms with Crippen LogP contribution in [0.25, 0.3) is 0 Å². The van der Waals surface area contributed by atoms with Gasteiger partial charge in [0.05, 0.1) is 11.8 Å². The zero-order valence-corrected chi connectivity index (χ0v) is 20.4. The average Bonchev–Trinajstić information content (AvgIpc) is 3.04. The van der Waals surface area contributed by atoms with Crippen LogP contribution in [0.15, 0.2) is 30.4 Å². The van der Waals surface area contributed by atoms with E-state index in [-0.39, 0.29) is 55.0 Å². The van der Waals surface area contributed by atoms with E-state index in [4.69, 9.17) is 23.2 Å². The first kappa shape index (κ1) is 25.2. The standard InChI is InChI=1S/C24H29Cl2N3O4/c1-3-11-27-22(31)15(2)29(14-16-8-9-17(25)13-20(16)26)21(30)10-12-28-23(32)18-6-4-5-7-19(18)24(28)33/h4-5,8-9,13,15,18-19H,3,6-7,10-12,14H2,1-2H3,(H,27,31)/t15-,18-,19+/m1/s1. The molecule has 3 atom stereocenters. The third-order valence-electron chi connectivity index (χ3n) is 6.22. The molecule has 0 spiro atoms. The number of hydrogen-bond donors (Lipinski definition) is 1. The first-order chi connectivity index (χ1) is 15.7. The molecule has 0 bridgehead atoms. The van der Waals surface area contributed by atoms with Gasteiger partial charge in [-0.3, -0.25) is 24.1 Å². The number of carbonyl (C=O) groups is 4. The molecule has 9 heteroatoms. The Morgan fingerprint density at radius 1 is 1.15 bits per heavy atom. The summed E-state index contributed by atoms with van der Waals surface area (Å²) in [6.45, 7) is 4.20. The van der Waals surface area contributed by atoms with Gasteiger partial charge in [-0.25, -0.2) is 0 Å². The van der Waals surface area contributed by atoms with E-state index < -0.39 is 6.04 Å². The van der Waals surface area contributed by atoms with Crippen molar-refractivity contribution in [1.82, 2.24) is 15.1 Å². The molecule has 1 aromatic carbocycles. The van der Waals surface area contributed by atoms with Crippen molar-refractivity contribution in [3.63, 3.8) is 0 Å². The molecule has 178 valence electrons. The third-order valence-corrected chi connectivity index (χ3v) is 6.81. The molecule has 0 radical (unpaired) electrons. The van der Waals surface area contributed by atoms with Crippen molar-refractivity contribution in [2.45, 2.75) is 52.1 Å². The van der Waals surface area contributed by atoms with Crippen molar-refractivity contribution in [1.29, 1.82) is 0 Å². The lowest BCUT2D eigenvalue weighted by Crippen LogP contribution is -2.48. The van der Waals surface area contributed by atoms with Crippen LogP contribution in [0.3, 0.4) is 0 Å². The SMILES string of the molecule is CCCNC(=O)[C@@H](C)N(Cc1ccc(Cl)cc1Cl)C(=O)CCN1C(=O)[C@H]2CC=CC[C@H]2C1=O. The summed E-state index contributed by atoms with van der Waals surface area (Å²) >= 11 is 12.3. The Kier molecular flexibility index (Phi) is 8.54. The molecule has 7 nitrogen and oxygen atoms in total. The van der Waals surface area contributed by atoms with Gasteiger partial charge in [0.2, 0.25) is 23.6 Å². The molecule has 1 saturated heterocycles. The van der Waals surface area contributed by atoms with E-state index in [0.717, 1.165) is 6.42 Å². The highest BCUT2D eigenvalue weighted by Crippen LogP contribution is 2.35. The van der Waals surface area contributed by atoms with Crippen molar-refractivity contribution < 1.29 is 19.2 Å². The van der Waals surface area contributed by atoms with Crippen molar-refractivity contribution >= 4 is 46.8 Å². The van der Waals surface area contributed by atoms with Crippen LogP contribution >= 0.6 is 23.2 Å². The van der Waals surface area contributed by atoms with Crippen LogP contribution in [0.4, 0.5) is 0 Å². The van der Waals surface area contributed by atoms with Crippen LogP contribution in [-0.2, 0) is 25.7 Å². The number of fused-ring (bicyclic) bond motifs is 1. The molecule has 4 amide bonds. The number of carbonyl (C=O) groups excluding carboxylic acids is 4. The molecule has 2 aliphatic rings. The van der Waals surface area contributed by atoms with Gasteiger partial charge in [0.15, 0.2) is 0 Å². The number of benzene rings is 1. The summed E-state index contributed by atoms with van der Waals surface area (Å²) in [6, 6.07) is 4.21. The molecular weight excluding hydrogens is 465 g/mol. The Hall–Kier alpha value is -2.38. The fraction of sp³-hybridized carbons (Fsp3) is 0.500. The first-order valence-corrected chi connectivity index (χ1v) is 12.0. The molecule has 1 heterocycles. The monoisotopic (exact) mass is 493 g/mol. The van der Waals surface area contributed by atoms with Crippen LogP contribution < -0.4 is 5.32 Å². The van der Waals surface area contributed by atoms with Gasteiger partial charge < -0.3 is 10.2 Å². The molecule has 33 heavy (non-hydrogen) atoms. The molecule has 0 aromatic heterocycles. The van der Waals surface area contributed by atoms with Crippen LogP contribution in [0.2, 0.25) is 10.0 Å². The van der Waals surface area contributed by atoms with Gasteiger partial charge in [0, 0.05) is 36.1 Å². The Balaban J connectivity index is 1.73. The van der Waals surface area contributed by atoms with Gasteiger partial charge >= 0.3 is 0 Å². The highest BCUT2D eigenvalue weighted by molar-refractivity contribution is 6.35. The summed E-state index contributed by atoms with van der Waals surface area (Å²) in [5.41, 5.74) is 0.648. The van der Waals surface area contributed by atoms with Gasteiger partial charge in [0.1, 0.15) is 6.04 Å². The van der Waals surface area contributed by atoms with E-state index in [1.807, 2.05) is 19.1 Å². The van der Waals surface area contributed by atoms with Crippen LogP contribution in [0.1, 0.15) is 45.1 Å². The van der Waals surface area contributed by atoms with Gasteiger partial charge in [0.25, 0.3) is 0 Å². The van der Waals surface area contributed by atoms with E-state index in [2.05, 4.69) is 5.32 Å². The number of hydrogen-bond acceptors (Lipinski definition) is 4. The Morgan fingerprint density at radius 2 is 1.79 bits per heavy atom. The lowest BCUT2D eigenvalue weighted by molar-refractivity contribution is -0.143. The summed E-state index contributed by atoms with van der Waals surface area (Å²) < 4.78 is 0. The molecule has 3 rings (SSSR count). The highest BCUT2D eigenvalue weighted by atomic mass is 35.5.